The van der Waals surface area contributed by atoms with Crippen LogP contribution in [0.1, 0.15) is 0 Å². The topological polar surface area (TPSA) is 57.6 Å². The van der Waals surface area contributed by atoms with Crippen molar-refractivity contribution in [2.75, 3.05) is 20.6 Å². The van der Waals surface area contributed by atoms with Crippen molar-refractivity contribution >= 4 is 12.3 Å². The van der Waals surface area contributed by atoms with Crippen LogP contribution in [0.2, 0.25) is 0 Å². The van der Waals surface area contributed by atoms with Crippen LogP contribution in [-0.4, -0.2) is 49.1 Å². The molecule has 0 aliphatic rings. The first-order valence-electron chi connectivity index (χ1n) is 3.10. The van der Waals surface area contributed by atoms with Crippen LogP contribution in [0.25, 0.3) is 0 Å². The van der Waals surface area contributed by atoms with Gasteiger partial charge >= 0.3 is 12.1 Å². The van der Waals surface area contributed by atoms with Gasteiger partial charge in [0.1, 0.15) is 6.29 Å². The summed E-state index contributed by atoms with van der Waals surface area (Å²) in [6.45, 7) is 0.528. The van der Waals surface area contributed by atoms with Crippen LogP contribution in [0.5, 0.6) is 0 Å². The number of aliphatic carboxylic acids is 1. The van der Waals surface area contributed by atoms with E-state index >= 15 is 0 Å². The highest BCUT2D eigenvalue weighted by atomic mass is 19.4. The van der Waals surface area contributed by atoms with E-state index in [9.17, 15) is 18.0 Å². The van der Waals surface area contributed by atoms with E-state index in [1.165, 1.54) is 0 Å². The maximum atomic E-state index is 10.6. The van der Waals surface area contributed by atoms with E-state index in [2.05, 4.69) is 0 Å². The Morgan fingerprint density at radius 1 is 1.46 bits per heavy atom. The Kier molecular flexibility index (Phi) is 7.11. The van der Waals surface area contributed by atoms with Crippen molar-refractivity contribution in [3.63, 3.8) is 0 Å². The summed E-state index contributed by atoms with van der Waals surface area (Å²) in [5.41, 5.74) is 0. The van der Waals surface area contributed by atoms with Gasteiger partial charge in [0.2, 0.25) is 0 Å². The molecule has 0 heterocycles. The number of carboxylic acid groups (broad SMARTS) is 1. The number of rotatable bonds is 2. The third-order valence-electron chi connectivity index (χ3n) is 0.682. The molecule has 4 nitrogen and oxygen atoms in total. The van der Waals surface area contributed by atoms with Gasteiger partial charge in [0, 0.05) is 0 Å². The van der Waals surface area contributed by atoms with Crippen LogP contribution >= 0.6 is 0 Å². The van der Waals surface area contributed by atoms with E-state index in [0.29, 0.717) is 6.54 Å². The van der Waals surface area contributed by atoms with Crippen LogP contribution in [0, 0.1) is 0 Å². The Morgan fingerprint density at radius 3 is 1.77 bits per heavy atom. The average molecular weight is 201 g/mol. The Labute approximate surface area is 72.9 Å². The molecule has 0 aromatic carbocycles. The summed E-state index contributed by atoms with van der Waals surface area (Å²) in [5, 5.41) is 7.12. The van der Waals surface area contributed by atoms with E-state index in [4.69, 9.17) is 9.90 Å². The molecule has 0 unspecified atom stereocenters. The van der Waals surface area contributed by atoms with E-state index in [1.54, 1.807) is 0 Å². The fourth-order valence-corrected chi connectivity index (χ4v) is 0.149. The third-order valence-corrected chi connectivity index (χ3v) is 0.682. The van der Waals surface area contributed by atoms with Gasteiger partial charge in [0.25, 0.3) is 0 Å². The van der Waals surface area contributed by atoms with E-state index in [-0.39, 0.29) is 0 Å². The highest BCUT2D eigenvalue weighted by Crippen LogP contribution is 2.13. The summed E-state index contributed by atoms with van der Waals surface area (Å²) < 4.78 is 31.7. The predicted octanol–water partition coefficient (Wildman–Crippen LogP) is 0.380. The molecular formula is C6H10F3NO3. The Hall–Kier alpha value is -1.11. The fourth-order valence-electron chi connectivity index (χ4n) is 0.149. The zero-order valence-corrected chi connectivity index (χ0v) is 7.13. The standard InChI is InChI=1S/C4H9NO.C2HF3O2/c1-5(2)3-4-6;3-2(4,5)1(6)7/h4H,3H2,1-2H3;(H,6,7). The zero-order chi connectivity index (χ0) is 11.1. The number of carbonyl (C=O) groups is 2. The molecule has 0 aromatic heterocycles. The molecule has 0 aliphatic heterocycles. The fraction of sp³-hybridized carbons (Fsp3) is 0.667. The molecule has 0 rings (SSSR count). The summed E-state index contributed by atoms with van der Waals surface area (Å²) in [6.07, 6.45) is -4.21. The quantitative estimate of drug-likeness (QED) is 0.656. The summed E-state index contributed by atoms with van der Waals surface area (Å²) in [5.74, 6) is -2.76. The number of carbonyl (C=O) groups excluding carboxylic acids is 1. The minimum absolute atomic E-state index is 0.528. The first-order chi connectivity index (χ1) is 5.71. The molecule has 78 valence electrons. The normalized spacial score (nSPS) is 10.3. The van der Waals surface area contributed by atoms with Crippen molar-refractivity contribution in [2.24, 2.45) is 0 Å². The maximum absolute atomic E-state index is 10.6. The van der Waals surface area contributed by atoms with Crippen LogP contribution in [0.4, 0.5) is 13.2 Å². The van der Waals surface area contributed by atoms with Gasteiger partial charge in [-0.25, -0.2) is 4.79 Å². The van der Waals surface area contributed by atoms with Crippen LogP contribution < -0.4 is 0 Å². The van der Waals surface area contributed by atoms with Gasteiger partial charge in [0.05, 0.1) is 6.54 Å². The molecule has 0 spiro atoms. The molecule has 0 bridgehead atoms. The Morgan fingerprint density at radius 2 is 1.77 bits per heavy atom. The lowest BCUT2D eigenvalue weighted by atomic mass is 10.7. The highest BCUT2D eigenvalue weighted by molar-refractivity contribution is 5.73. The van der Waals surface area contributed by atoms with E-state index in [0.717, 1.165) is 6.29 Å². The highest BCUT2D eigenvalue weighted by Gasteiger charge is 2.38. The lowest BCUT2D eigenvalue weighted by molar-refractivity contribution is -0.192. The van der Waals surface area contributed by atoms with Crippen molar-refractivity contribution < 1.29 is 27.9 Å². The number of nitrogens with zero attached hydrogens (tertiary/aromatic N) is 1. The second-order valence-electron chi connectivity index (χ2n) is 2.23. The summed E-state index contributed by atoms with van der Waals surface area (Å²) in [6, 6.07) is 0. The number of aldehydes is 1. The maximum Gasteiger partial charge on any atom is 0.490 e. The molecule has 0 aliphatic carbocycles. The minimum atomic E-state index is -5.08. The SMILES string of the molecule is CN(C)CC=O.O=C(O)C(F)(F)F. The lowest BCUT2D eigenvalue weighted by Crippen LogP contribution is -2.21. The van der Waals surface area contributed by atoms with Crippen LogP contribution in [-0.2, 0) is 9.59 Å². The van der Waals surface area contributed by atoms with Crippen molar-refractivity contribution in [2.45, 2.75) is 6.18 Å². The molecule has 0 radical (unpaired) electrons. The van der Waals surface area contributed by atoms with E-state index < -0.39 is 12.1 Å². The number of carboxylic acids is 1. The van der Waals surface area contributed by atoms with Crippen molar-refractivity contribution in [1.29, 1.82) is 0 Å². The first kappa shape index (κ1) is 14.4. The van der Waals surface area contributed by atoms with Gasteiger partial charge in [-0.1, -0.05) is 0 Å². The molecule has 0 fully saturated rings. The van der Waals surface area contributed by atoms with Gasteiger partial charge in [-0.2, -0.15) is 13.2 Å². The third kappa shape index (κ3) is 13.8. The number of likely N-dealkylation sites (N-methyl/N-ethyl adjacent to an activating group) is 1. The second-order valence-corrected chi connectivity index (χ2v) is 2.23. The Bertz CT molecular complexity index is 167. The number of halogens is 3. The van der Waals surface area contributed by atoms with E-state index in [1.807, 2.05) is 19.0 Å². The van der Waals surface area contributed by atoms with Gasteiger partial charge in [-0.3, -0.25) is 0 Å². The molecule has 0 amide bonds. The number of hydrogen-bond acceptors (Lipinski definition) is 3. The minimum Gasteiger partial charge on any atom is -0.475 e. The predicted molar refractivity (Wildman–Crippen MR) is 38.3 cm³/mol. The second kappa shape index (κ2) is 6.41. The molecule has 0 aromatic rings. The van der Waals surface area contributed by atoms with Gasteiger partial charge in [-0.05, 0) is 14.1 Å². The monoisotopic (exact) mass is 201 g/mol. The largest absolute Gasteiger partial charge is 0.490 e. The molecule has 1 N–H and O–H groups in total. The molecular weight excluding hydrogens is 191 g/mol. The number of hydrogen-bond donors (Lipinski definition) is 1. The van der Waals surface area contributed by atoms with Crippen LogP contribution in [0.3, 0.4) is 0 Å². The van der Waals surface area contributed by atoms with Gasteiger partial charge < -0.3 is 14.8 Å². The molecule has 0 atom stereocenters. The molecule has 7 heteroatoms. The smallest absolute Gasteiger partial charge is 0.475 e. The number of alkyl halides is 3. The molecule has 13 heavy (non-hydrogen) atoms. The van der Waals surface area contributed by atoms with Crippen LogP contribution in [0.15, 0.2) is 0 Å². The van der Waals surface area contributed by atoms with Gasteiger partial charge in [0.15, 0.2) is 0 Å². The van der Waals surface area contributed by atoms with Crippen molar-refractivity contribution in [3.05, 3.63) is 0 Å². The van der Waals surface area contributed by atoms with Crippen molar-refractivity contribution in [1.82, 2.24) is 4.90 Å². The van der Waals surface area contributed by atoms with Gasteiger partial charge in [-0.15, -0.1) is 0 Å². The Balaban J connectivity index is 0. The first-order valence-corrected chi connectivity index (χ1v) is 3.10. The summed E-state index contributed by atoms with van der Waals surface area (Å²) in [7, 11) is 3.71. The molecule has 0 saturated heterocycles. The lowest BCUT2D eigenvalue weighted by Gasteiger charge is -1.99. The molecule has 0 saturated carbocycles. The summed E-state index contributed by atoms with van der Waals surface area (Å²) >= 11 is 0. The summed E-state index contributed by atoms with van der Waals surface area (Å²) in [4.78, 5) is 20.3. The van der Waals surface area contributed by atoms with Crippen molar-refractivity contribution in [3.8, 4) is 0 Å². The zero-order valence-electron chi connectivity index (χ0n) is 7.13. The average Bonchev–Trinajstić information content (AvgIpc) is 1.85.